The van der Waals surface area contributed by atoms with Gasteiger partial charge in [0, 0.05) is 17.7 Å². The molecule has 0 aliphatic carbocycles. The molecule has 4 heteroatoms. The minimum atomic E-state index is 0.277. The predicted molar refractivity (Wildman–Crippen MR) is 79.3 cm³/mol. The van der Waals surface area contributed by atoms with Gasteiger partial charge in [0.25, 0.3) is 0 Å². The first-order chi connectivity index (χ1) is 9.06. The predicted octanol–water partition coefficient (Wildman–Crippen LogP) is 2.22. The van der Waals surface area contributed by atoms with Crippen LogP contribution in [0.1, 0.15) is 24.1 Å². The van der Waals surface area contributed by atoms with E-state index in [-0.39, 0.29) is 6.04 Å². The van der Waals surface area contributed by atoms with Gasteiger partial charge in [0.2, 0.25) is 0 Å². The van der Waals surface area contributed by atoms with Crippen LogP contribution in [0.25, 0.3) is 0 Å². The Kier molecular flexibility index (Phi) is 6.12. The van der Waals surface area contributed by atoms with E-state index < -0.39 is 0 Å². The molecule has 108 valence electrons. The Morgan fingerprint density at radius 1 is 1.21 bits per heavy atom. The molecule has 0 bridgehead atoms. The Balaban J connectivity index is 3.18. The third-order valence-corrected chi connectivity index (χ3v) is 3.38. The Morgan fingerprint density at radius 3 is 2.37 bits per heavy atom. The first kappa shape index (κ1) is 15.8. The second-order valence-corrected chi connectivity index (χ2v) is 4.80. The van der Waals surface area contributed by atoms with Gasteiger partial charge >= 0.3 is 0 Å². The van der Waals surface area contributed by atoms with Crippen molar-refractivity contribution < 1.29 is 9.47 Å². The molecule has 0 aliphatic heterocycles. The van der Waals surface area contributed by atoms with Crippen molar-refractivity contribution in [2.75, 3.05) is 41.4 Å². The Bertz CT molecular complexity index is 405. The standard InChI is InChI=1S/C15H26N2O2/c1-7-16-10-13(17(3)4)12-8-9-14(18-5)11(2)15(12)19-6/h8-9,13,16H,7,10H2,1-6H3. The van der Waals surface area contributed by atoms with Gasteiger partial charge in [0.05, 0.1) is 20.3 Å². The van der Waals surface area contributed by atoms with Crippen LogP contribution in [-0.4, -0.2) is 46.3 Å². The fourth-order valence-electron chi connectivity index (χ4n) is 2.30. The molecule has 0 aliphatic rings. The van der Waals surface area contributed by atoms with E-state index >= 15 is 0 Å². The van der Waals surface area contributed by atoms with Crippen molar-refractivity contribution in [2.45, 2.75) is 19.9 Å². The fourth-order valence-corrected chi connectivity index (χ4v) is 2.30. The van der Waals surface area contributed by atoms with Gasteiger partial charge in [-0.1, -0.05) is 6.92 Å². The average Bonchev–Trinajstić information content (AvgIpc) is 2.39. The summed E-state index contributed by atoms with van der Waals surface area (Å²) in [6, 6.07) is 4.38. The van der Waals surface area contributed by atoms with Gasteiger partial charge in [-0.15, -0.1) is 0 Å². The van der Waals surface area contributed by atoms with Crippen molar-refractivity contribution in [3.63, 3.8) is 0 Å². The van der Waals surface area contributed by atoms with Gasteiger partial charge in [-0.3, -0.25) is 0 Å². The molecule has 1 rings (SSSR count). The topological polar surface area (TPSA) is 33.7 Å². The number of methoxy groups -OCH3 is 2. The SMILES string of the molecule is CCNCC(c1ccc(OC)c(C)c1OC)N(C)C. The molecule has 1 N–H and O–H groups in total. The van der Waals surface area contributed by atoms with Crippen molar-refractivity contribution in [2.24, 2.45) is 0 Å². The highest BCUT2D eigenvalue weighted by molar-refractivity contribution is 5.50. The molecule has 4 nitrogen and oxygen atoms in total. The maximum Gasteiger partial charge on any atom is 0.130 e. The molecule has 0 saturated carbocycles. The van der Waals surface area contributed by atoms with Gasteiger partial charge in [-0.05, 0) is 39.7 Å². The van der Waals surface area contributed by atoms with E-state index in [1.54, 1.807) is 14.2 Å². The van der Waals surface area contributed by atoms with Gasteiger partial charge in [-0.2, -0.15) is 0 Å². The molecule has 0 radical (unpaired) electrons. The zero-order valence-corrected chi connectivity index (χ0v) is 12.9. The third-order valence-electron chi connectivity index (χ3n) is 3.38. The van der Waals surface area contributed by atoms with Crippen molar-refractivity contribution in [1.82, 2.24) is 10.2 Å². The van der Waals surface area contributed by atoms with Crippen molar-refractivity contribution in [3.8, 4) is 11.5 Å². The van der Waals surface area contributed by atoms with Gasteiger partial charge in [0.1, 0.15) is 11.5 Å². The molecule has 0 spiro atoms. The third kappa shape index (κ3) is 3.61. The normalized spacial score (nSPS) is 12.6. The summed E-state index contributed by atoms with van der Waals surface area (Å²) < 4.78 is 10.9. The van der Waals surface area contributed by atoms with Crippen LogP contribution in [-0.2, 0) is 0 Å². The van der Waals surface area contributed by atoms with E-state index in [1.807, 2.05) is 13.0 Å². The summed E-state index contributed by atoms with van der Waals surface area (Å²) >= 11 is 0. The number of rotatable bonds is 7. The van der Waals surface area contributed by atoms with Crippen LogP contribution in [0.3, 0.4) is 0 Å². The molecule has 0 amide bonds. The zero-order chi connectivity index (χ0) is 14.4. The number of hydrogen-bond donors (Lipinski definition) is 1. The van der Waals surface area contributed by atoms with E-state index in [1.165, 1.54) is 5.56 Å². The first-order valence-electron chi connectivity index (χ1n) is 6.65. The summed E-state index contributed by atoms with van der Waals surface area (Å²) in [4.78, 5) is 2.20. The maximum atomic E-state index is 5.60. The molecule has 0 aromatic heterocycles. The second-order valence-electron chi connectivity index (χ2n) is 4.80. The number of ether oxygens (including phenoxy) is 2. The summed E-state index contributed by atoms with van der Waals surface area (Å²) in [5.41, 5.74) is 2.23. The highest BCUT2D eigenvalue weighted by Gasteiger charge is 2.20. The van der Waals surface area contributed by atoms with Crippen LogP contribution in [0.15, 0.2) is 12.1 Å². The molecule has 0 fully saturated rings. The van der Waals surface area contributed by atoms with Gasteiger partial charge in [-0.25, -0.2) is 0 Å². The van der Waals surface area contributed by atoms with E-state index in [0.717, 1.165) is 30.2 Å². The number of benzene rings is 1. The molecule has 1 unspecified atom stereocenters. The number of nitrogens with zero attached hydrogens (tertiary/aromatic N) is 1. The summed E-state index contributed by atoms with van der Waals surface area (Å²) in [5, 5.41) is 3.40. The lowest BCUT2D eigenvalue weighted by Crippen LogP contribution is -2.31. The number of nitrogens with one attached hydrogen (secondary N) is 1. The van der Waals surface area contributed by atoms with E-state index in [4.69, 9.17) is 9.47 Å². The van der Waals surface area contributed by atoms with Crippen LogP contribution < -0.4 is 14.8 Å². The summed E-state index contributed by atoms with van der Waals surface area (Å²) in [6.45, 7) is 6.00. The van der Waals surface area contributed by atoms with Gasteiger partial charge in [0.15, 0.2) is 0 Å². The summed E-state index contributed by atoms with van der Waals surface area (Å²) in [6.07, 6.45) is 0. The van der Waals surface area contributed by atoms with Crippen LogP contribution in [0, 0.1) is 6.92 Å². The Morgan fingerprint density at radius 2 is 1.89 bits per heavy atom. The quantitative estimate of drug-likeness (QED) is 0.820. The smallest absolute Gasteiger partial charge is 0.130 e. The monoisotopic (exact) mass is 266 g/mol. The minimum Gasteiger partial charge on any atom is -0.496 e. The van der Waals surface area contributed by atoms with Crippen LogP contribution >= 0.6 is 0 Å². The largest absolute Gasteiger partial charge is 0.496 e. The molecule has 0 saturated heterocycles. The van der Waals surface area contributed by atoms with Gasteiger partial charge < -0.3 is 19.7 Å². The average molecular weight is 266 g/mol. The van der Waals surface area contributed by atoms with Crippen LogP contribution in [0.2, 0.25) is 0 Å². The minimum absolute atomic E-state index is 0.277. The second kappa shape index (κ2) is 7.36. The summed E-state index contributed by atoms with van der Waals surface area (Å²) in [5.74, 6) is 1.78. The molecular weight excluding hydrogens is 240 g/mol. The van der Waals surface area contributed by atoms with Crippen molar-refractivity contribution >= 4 is 0 Å². The lowest BCUT2D eigenvalue weighted by atomic mass is 10.0. The number of hydrogen-bond acceptors (Lipinski definition) is 4. The maximum absolute atomic E-state index is 5.60. The van der Waals surface area contributed by atoms with Crippen molar-refractivity contribution in [3.05, 3.63) is 23.3 Å². The van der Waals surface area contributed by atoms with Crippen LogP contribution in [0.4, 0.5) is 0 Å². The lowest BCUT2D eigenvalue weighted by molar-refractivity contribution is 0.279. The lowest BCUT2D eigenvalue weighted by Gasteiger charge is -2.27. The number of likely N-dealkylation sites (N-methyl/N-ethyl adjacent to an activating group) is 2. The zero-order valence-electron chi connectivity index (χ0n) is 12.9. The Labute approximate surface area is 116 Å². The molecule has 0 heterocycles. The molecule has 1 aromatic rings. The molecule has 1 aromatic carbocycles. The molecule has 1 atom stereocenters. The molecular formula is C15H26N2O2. The van der Waals surface area contributed by atoms with Crippen molar-refractivity contribution in [1.29, 1.82) is 0 Å². The fraction of sp³-hybridized carbons (Fsp3) is 0.600. The highest BCUT2D eigenvalue weighted by Crippen LogP contribution is 2.36. The van der Waals surface area contributed by atoms with E-state index in [0.29, 0.717) is 0 Å². The first-order valence-corrected chi connectivity index (χ1v) is 6.65. The Hall–Kier alpha value is -1.26. The molecule has 19 heavy (non-hydrogen) atoms. The van der Waals surface area contributed by atoms with E-state index in [2.05, 4.69) is 37.3 Å². The summed E-state index contributed by atoms with van der Waals surface area (Å²) in [7, 11) is 7.57. The van der Waals surface area contributed by atoms with Crippen LogP contribution in [0.5, 0.6) is 11.5 Å². The highest BCUT2D eigenvalue weighted by atomic mass is 16.5. The van der Waals surface area contributed by atoms with E-state index in [9.17, 15) is 0 Å².